The molecular weight excluding hydrogens is 305 g/mol. The number of benzene rings is 2. The summed E-state index contributed by atoms with van der Waals surface area (Å²) in [6.45, 7) is 0. The highest BCUT2D eigenvalue weighted by Gasteiger charge is 2.23. The van der Waals surface area contributed by atoms with Gasteiger partial charge in [0.25, 0.3) is 5.43 Å². The summed E-state index contributed by atoms with van der Waals surface area (Å²) in [6, 6.07) is 11.7. The van der Waals surface area contributed by atoms with Crippen molar-refractivity contribution in [2.45, 2.75) is 25.7 Å². The molecule has 1 aliphatic carbocycles. The van der Waals surface area contributed by atoms with Gasteiger partial charge in [-0.25, -0.2) is 4.39 Å². The zero-order chi connectivity index (χ0) is 16.7. The quantitative estimate of drug-likeness (QED) is 0.748. The Hall–Kier alpha value is -2.75. The average Bonchev–Trinajstić information content (AvgIpc) is 2.62. The second-order valence-corrected chi connectivity index (χ2v) is 6.23. The number of hydrogen-bond donors (Lipinski definition) is 1. The first kappa shape index (κ1) is 14.8. The molecule has 0 fully saturated rings. The van der Waals surface area contributed by atoms with Crippen LogP contribution in [-0.4, -0.2) is 0 Å². The second kappa shape index (κ2) is 5.71. The van der Waals surface area contributed by atoms with Gasteiger partial charge < -0.3 is 5.32 Å². The topological polar surface area (TPSA) is 46.2 Å². The SMILES string of the molecule is O=c1c(Nc2ccc(F)cc2)c(-c2ccc3c(c2)CCCC3)c1=O. The summed E-state index contributed by atoms with van der Waals surface area (Å²) in [5, 5.41) is 2.96. The smallest absolute Gasteiger partial charge is 0.250 e. The Morgan fingerprint density at radius 1 is 0.833 bits per heavy atom. The summed E-state index contributed by atoms with van der Waals surface area (Å²) in [6.07, 6.45) is 4.44. The van der Waals surface area contributed by atoms with Gasteiger partial charge in [0.2, 0.25) is 5.43 Å². The van der Waals surface area contributed by atoms with E-state index >= 15 is 0 Å². The van der Waals surface area contributed by atoms with Crippen molar-refractivity contribution in [3.05, 3.63) is 79.9 Å². The molecular formula is C20H16FNO2. The molecule has 4 heteroatoms. The van der Waals surface area contributed by atoms with Crippen LogP contribution in [0.1, 0.15) is 24.0 Å². The molecule has 0 aliphatic heterocycles. The molecule has 3 aromatic carbocycles. The van der Waals surface area contributed by atoms with E-state index in [0.717, 1.165) is 24.8 Å². The van der Waals surface area contributed by atoms with Gasteiger partial charge in [0.05, 0.1) is 5.56 Å². The highest BCUT2D eigenvalue weighted by molar-refractivity contribution is 5.85. The first-order valence-electron chi connectivity index (χ1n) is 8.11. The third kappa shape index (κ3) is 2.44. The summed E-state index contributed by atoms with van der Waals surface area (Å²) in [7, 11) is 0. The Kier molecular flexibility index (Phi) is 3.53. The maximum atomic E-state index is 13.0. The van der Waals surface area contributed by atoms with Crippen LogP contribution >= 0.6 is 0 Å². The molecule has 0 saturated heterocycles. The predicted molar refractivity (Wildman–Crippen MR) is 93.1 cm³/mol. The second-order valence-electron chi connectivity index (χ2n) is 6.23. The number of fused-ring (bicyclic) bond motifs is 1. The molecule has 0 spiro atoms. The van der Waals surface area contributed by atoms with Crippen molar-refractivity contribution >= 4 is 11.4 Å². The first-order chi connectivity index (χ1) is 11.6. The molecule has 0 aromatic heterocycles. The first-order valence-corrected chi connectivity index (χ1v) is 8.11. The summed E-state index contributed by atoms with van der Waals surface area (Å²) in [4.78, 5) is 24.0. The lowest BCUT2D eigenvalue weighted by molar-refractivity contribution is 0.628. The van der Waals surface area contributed by atoms with Crippen LogP contribution in [0.4, 0.5) is 15.8 Å². The van der Waals surface area contributed by atoms with Crippen molar-refractivity contribution in [1.82, 2.24) is 0 Å². The lowest BCUT2D eigenvalue weighted by Gasteiger charge is -2.18. The van der Waals surface area contributed by atoms with Gasteiger partial charge in [-0.2, -0.15) is 0 Å². The summed E-state index contributed by atoms with van der Waals surface area (Å²) < 4.78 is 13.0. The van der Waals surface area contributed by atoms with Gasteiger partial charge in [0.1, 0.15) is 11.5 Å². The lowest BCUT2D eigenvalue weighted by Crippen LogP contribution is -2.35. The highest BCUT2D eigenvalue weighted by atomic mass is 19.1. The number of nitrogens with one attached hydrogen (secondary N) is 1. The van der Waals surface area contributed by atoms with Crippen molar-refractivity contribution in [3.8, 4) is 11.1 Å². The van der Waals surface area contributed by atoms with E-state index in [2.05, 4.69) is 11.4 Å². The maximum absolute atomic E-state index is 13.0. The van der Waals surface area contributed by atoms with E-state index < -0.39 is 10.9 Å². The Labute approximate surface area is 138 Å². The number of aryl methyl sites for hydroxylation is 2. The fourth-order valence-electron chi connectivity index (χ4n) is 3.35. The molecule has 0 heterocycles. The Balaban J connectivity index is 1.72. The van der Waals surface area contributed by atoms with Gasteiger partial charge >= 0.3 is 0 Å². The van der Waals surface area contributed by atoms with E-state index in [1.165, 1.54) is 29.7 Å². The largest absolute Gasteiger partial charge is 0.352 e. The van der Waals surface area contributed by atoms with Crippen LogP contribution in [0.2, 0.25) is 0 Å². The minimum Gasteiger partial charge on any atom is -0.352 e. The number of hydrogen-bond acceptors (Lipinski definition) is 3. The molecule has 1 aliphatic rings. The van der Waals surface area contributed by atoms with Crippen LogP contribution < -0.4 is 16.2 Å². The minimum absolute atomic E-state index is 0.294. The fraction of sp³-hybridized carbons (Fsp3) is 0.200. The monoisotopic (exact) mass is 321 g/mol. The highest BCUT2D eigenvalue weighted by Crippen LogP contribution is 2.30. The fourth-order valence-corrected chi connectivity index (χ4v) is 3.35. The van der Waals surface area contributed by atoms with Crippen molar-refractivity contribution in [3.63, 3.8) is 0 Å². The molecule has 120 valence electrons. The molecule has 0 radical (unpaired) electrons. The molecule has 0 bridgehead atoms. The van der Waals surface area contributed by atoms with E-state index in [0.29, 0.717) is 16.9 Å². The molecule has 24 heavy (non-hydrogen) atoms. The predicted octanol–water partition coefficient (Wildman–Crippen LogP) is 3.71. The Bertz CT molecular complexity index is 982. The van der Waals surface area contributed by atoms with E-state index in [9.17, 15) is 14.0 Å². The summed E-state index contributed by atoms with van der Waals surface area (Å²) in [5.74, 6) is -0.347. The zero-order valence-electron chi connectivity index (χ0n) is 13.1. The van der Waals surface area contributed by atoms with E-state index in [-0.39, 0.29) is 5.82 Å². The number of halogens is 1. The standard InChI is InChI=1S/C20H16FNO2/c21-15-7-9-16(10-8-15)22-18-17(19(23)20(18)24)14-6-5-12-3-1-2-4-13(12)11-14/h5-11,22H,1-4H2. The lowest BCUT2D eigenvalue weighted by atomic mass is 9.88. The van der Waals surface area contributed by atoms with Gasteiger partial charge in [-0.3, -0.25) is 9.59 Å². The number of anilines is 2. The van der Waals surface area contributed by atoms with Crippen molar-refractivity contribution in [2.24, 2.45) is 0 Å². The molecule has 0 amide bonds. The van der Waals surface area contributed by atoms with Gasteiger partial charge in [0.15, 0.2) is 0 Å². The van der Waals surface area contributed by atoms with Crippen molar-refractivity contribution in [2.75, 3.05) is 5.32 Å². The van der Waals surface area contributed by atoms with Crippen LogP contribution in [0.5, 0.6) is 0 Å². The average molecular weight is 321 g/mol. The molecule has 1 N–H and O–H groups in total. The maximum Gasteiger partial charge on any atom is 0.250 e. The third-order valence-electron chi connectivity index (χ3n) is 4.66. The normalized spacial score (nSPS) is 13.7. The van der Waals surface area contributed by atoms with Crippen molar-refractivity contribution < 1.29 is 4.39 Å². The van der Waals surface area contributed by atoms with Gasteiger partial charge in [0, 0.05) is 5.69 Å². The minimum atomic E-state index is -0.521. The Morgan fingerprint density at radius 2 is 1.54 bits per heavy atom. The van der Waals surface area contributed by atoms with Crippen LogP contribution in [0.15, 0.2) is 52.1 Å². The Morgan fingerprint density at radius 3 is 2.29 bits per heavy atom. The van der Waals surface area contributed by atoms with Crippen LogP contribution in [0, 0.1) is 5.82 Å². The van der Waals surface area contributed by atoms with Gasteiger partial charge in [-0.1, -0.05) is 18.2 Å². The molecule has 3 nitrogen and oxygen atoms in total. The summed E-state index contributed by atoms with van der Waals surface area (Å²) >= 11 is 0. The van der Waals surface area contributed by atoms with Crippen molar-refractivity contribution in [1.29, 1.82) is 0 Å². The molecule has 3 aromatic rings. The number of rotatable bonds is 3. The molecule has 0 unspecified atom stereocenters. The molecule has 0 saturated carbocycles. The summed E-state index contributed by atoms with van der Waals surface area (Å²) in [5.41, 5.74) is 3.70. The van der Waals surface area contributed by atoms with Gasteiger partial charge in [-0.15, -0.1) is 0 Å². The van der Waals surface area contributed by atoms with Crippen LogP contribution in [0.3, 0.4) is 0 Å². The van der Waals surface area contributed by atoms with Crippen LogP contribution in [0.25, 0.3) is 11.1 Å². The van der Waals surface area contributed by atoms with Crippen LogP contribution in [-0.2, 0) is 12.8 Å². The van der Waals surface area contributed by atoms with E-state index in [1.807, 2.05) is 12.1 Å². The van der Waals surface area contributed by atoms with Gasteiger partial charge in [-0.05, 0) is 66.6 Å². The molecule has 0 atom stereocenters. The third-order valence-corrected chi connectivity index (χ3v) is 4.66. The van der Waals surface area contributed by atoms with E-state index in [4.69, 9.17) is 0 Å². The van der Waals surface area contributed by atoms with E-state index in [1.54, 1.807) is 12.1 Å². The molecule has 4 rings (SSSR count). The zero-order valence-corrected chi connectivity index (χ0v) is 13.1.